The van der Waals surface area contributed by atoms with E-state index in [1.54, 1.807) is 11.1 Å². The molecule has 3 aromatic rings. The van der Waals surface area contributed by atoms with Crippen molar-refractivity contribution in [3.63, 3.8) is 0 Å². The molecule has 0 unspecified atom stereocenters. The fraction of sp³-hybridized carbons (Fsp3) is 0.294. The van der Waals surface area contributed by atoms with Crippen LogP contribution in [0.25, 0.3) is 5.82 Å². The molecular formula is C17H17N7O4. The van der Waals surface area contributed by atoms with Crippen LogP contribution < -0.4 is 4.90 Å². The number of hydrogen-bond donors (Lipinski definition) is 0. The first kappa shape index (κ1) is 17.6. The number of anilines is 1. The molecule has 28 heavy (non-hydrogen) atoms. The monoisotopic (exact) mass is 383 g/mol. The molecule has 11 heteroatoms. The zero-order chi connectivity index (χ0) is 19.7. The van der Waals surface area contributed by atoms with Crippen molar-refractivity contribution in [1.82, 2.24) is 24.4 Å². The molecule has 0 atom stereocenters. The fourth-order valence-electron chi connectivity index (χ4n) is 3.10. The van der Waals surface area contributed by atoms with Crippen molar-refractivity contribution >= 4 is 17.6 Å². The smallest absolute Gasteiger partial charge is 0.395 e. The van der Waals surface area contributed by atoms with E-state index < -0.39 is 10.8 Å². The van der Waals surface area contributed by atoms with Crippen LogP contribution in [0.15, 0.2) is 41.3 Å². The van der Waals surface area contributed by atoms with Gasteiger partial charge in [0.2, 0.25) is 0 Å². The third-order valence-electron chi connectivity index (χ3n) is 4.58. The first-order valence-corrected chi connectivity index (χ1v) is 8.64. The molecule has 4 heterocycles. The lowest BCUT2D eigenvalue weighted by atomic mass is 10.3. The number of imidazole rings is 1. The van der Waals surface area contributed by atoms with Crippen LogP contribution >= 0.6 is 0 Å². The summed E-state index contributed by atoms with van der Waals surface area (Å²) in [7, 11) is 0. The molecule has 0 aromatic carbocycles. The van der Waals surface area contributed by atoms with Crippen LogP contribution in [0.2, 0.25) is 0 Å². The van der Waals surface area contributed by atoms with Gasteiger partial charge in [-0.05, 0) is 13.0 Å². The standard InChI is InChI=1S/C17H17N7O4/c1-12-18-4-5-23(12)15-10-14(19-11-20-15)21-6-8-22(9-7-21)17(25)13-2-3-16(28-13)24(26)27/h2-5,10-11H,6-9H2,1H3. The molecular weight excluding hydrogens is 366 g/mol. The van der Waals surface area contributed by atoms with Gasteiger partial charge in [0.05, 0.1) is 6.07 Å². The molecule has 0 N–H and O–H groups in total. The minimum Gasteiger partial charge on any atom is -0.395 e. The Balaban J connectivity index is 1.43. The highest BCUT2D eigenvalue weighted by molar-refractivity contribution is 5.92. The fourth-order valence-corrected chi connectivity index (χ4v) is 3.10. The zero-order valence-electron chi connectivity index (χ0n) is 15.1. The summed E-state index contributed by atoms with van der Waals surface area (Å²) in [5.74, 6) is 1.49. The Hall–Kier alpha value is -3.76. The van der Waals surface area contributed by atoms with E-state index in [1.807, 2.05) is 23.8 Å². The van der Waals surface area contributed by atoms with Gasteiger partial charge in [-0.3, -0.25) is 19.5 Å². The SMILES string of the molecule is Cc1nccn1-c1cc(N2CCN(C(=O)c3ccc([N+](=O)[O-])o3)CC2)ncn1. The molecule has 0 saturated carbocycles. The average Bonchev–Trinajstić information content (AvgIpc) is 3.37. The minimum absolute atomic E-state index is 0.0277. The van der Waals surface area contributed by atoms with Gasteiger partial charge in [0.1, 0.15) is 28.7 Å². The Kier molecular flexibility index (Phi) is 4.47. The van der Waals surface area contributed by atoms with Gasteiger partial charge in [0.15, 0.2) is 5.76 Å². The Morgan fingerprint density at radius 3 is 2.54 bits per heavy atom. The second-order valence-corrected chi connectivity index (χ2v) is 6.25. The highest BCUT2D eigenvalue weighted by Gasteiger charge is 2.26. The summed E-state index contributed by atoms with van der Waals surface area (Å²) in [5, 5.41) is 10.7. The third kappa shape index (κ3) is 3.29. The molecule has 0 aliphatic carbocycles. The highest BCUT2D eigenvalue weighted by atomic mass is 16.6. The predicted molar refractivity (Wildman–Crippen MR) is 97.4 cm³/mol. The summed E-state index contributed by atoms with van der Waals surface area (Å²) in [6.07, 6.45) is 5.05. The second-order valence-electron chi connectivity index (χ2n) is 6.25. The number of aryl methyl sites for hydroxylation is 1. The number of hydrogen-bond acceptors (Lipinski definition) is 8. The first-order chi connectivity index (χ1) is 13.5. The quantitative estimate of drug-likeness (QED) is 0.490. The highest BCUT2D eigenvalue weighted by Crippen LogP contribution is 2.20. The van der Waals surface area contributed by atoms with Gasteiger partial charge in [-0.25, -0.2) is 15.0 Å². The number of nitro groups is 1. The third-order valence-corrected chi connectivity index (χ3v) is 4.58. The Morgan fingerprint density at radius 1 is 1.14 bits per heavy atom. The van der Waals surface area contributed by atoms with Gasteiger partial charge in [0, 0.05) is 44.6 Å². The van der Waals surface area contributed by atoms with Crippen molar-refractivity contribution in [3.05, 3.63) is 58.6 Å². The van der Waals surface area contributed by atoms with Crippen LogP contribution in [0.3, 0.4) is 0 Å². The van der Waals surface area contributed by atoms with E-state index in [4.69, 9.17) is 4.42 Å². The molecule has 144 valence electrons. The largest absolute Gasteiger partial charge is 0.433 e. The number of aromatic nitrogens is 4. The number of furan rings is 1. The van der Waals surface area contributed by atoms with Crippen LogP contribution in [0, 0.1) is 17.0 Å². The van der Waals surface area contributed by atoms with E-state index in [0.29, 0.717) is 26.2 Å². The number of carbonyl (C=O) groups is 1. The molecule has 3 aromatic heterocycles. The molecule has 1 amide bonds. The molecule has 1 fully saturated rings. The van der Waals surface area contributed by atoms with E-state index in [2.05, 4.69) is 19.9 Å². The molecule has 1 aliphatic heterocycles. The van der Waals surface area contributed by atoms with Crippen LogP contribution in [-0.4, -0.2) is 61.4 Å². The van der Waals surface area contributed by atoms with E-state index in [1.165, 1.54) is 18.5 Å². The number of nitrogens with zero attached hydrogens (tertiary/aromatic N) is 7. The first-order valence-electron chi connectivity index (χ1n) is 8.64. The van der Waals surface area contributed by atoms with E-state index >= 15 is 0 Å². The normalized spacial score (nSPS) is 14.3. The van der Waals surface area contributed by atoms with Gasteiger partial charge in [0.25, 0.3) is 5.91 Å². The molecule has 1 saturated heterocycles. The molecule has 1 aliphatic rings. The summed E-state index contributed by atoms with van der Waals surface area (Å²) in [6, 6.07) is 4.39. The maximum atomic E-state index is 12.5. The van der Waals surface area contributed by atoms with E-state index in [-0.39, 0.29) is 11.7 Å². The van der Waals surface area contributed by atoms with E-state index in [9.17, 15) is 14.9 Å². The minimum atomic E-state index is -0.663. The summed E-state index contributed by atoms with van der Waals surface area (Å²) < 4.78 is 6.88. The Bertz CT molecular complexity index is 1020. The second kappa shape index (κ2) is 7.10. The number of piperazine rings is 1. The van der Waals surface area contributed by atoms with Gasteiger partial charge in [-0.2, -0.15) is 0 Å². The summed E-state index contributed by atoms with van der Waals surface area (Å²) >= 11 is 0. The lowest BCUT2D eigenvalue weighted by Crippen LogP contribution is -2.49. The number of amides is 1. The lowest BCUT2D eigenvalue weighted by Gasteiger charge is -2.35. The van der Waals surface area contributed by atoms with Crippen LogP contribution in [0.5, 0.6) is 0 Å². The van der Waals surface area contributed by atoms with Crippen molar-refractivity contribution in [1.29, 1.82) is 0 Å². The molecule has 11 nitrogen and oxygen atoms in total. The Morgan fingerprint density at radius 2 is 1.89 bits per heavy atom. The Labute approximate surface area is 159 Å². The summed E-state index contributed by atoms with van der Waals surface area (Å²) in [6.45, 7) is 3.96. The van der Waals surface area contributed by atoms with Crippen molar-refractivity contribution in [2.24, 2.45) is 0 Å². The van der Waals surface area contributed by atoms with Crippen LogP contribution in [-0.2, 0) is 0 Å². The van der Waals surface area contributed by atoms with Gasteiger partial charge < -0.3 is 14.2 Å². The van der Waals surface area contributed by atoms with Crippen molar-refractivity contribution < 1.29 is 14.1 Å². The van der Waals surface area contributed by atoms with Gasteiger partial charge in [-0.1, -0.05) is 0 Å². The van der Waals surface area contributed by atoms with Crippen molar-refractivity contribution in [2.75, 3.05) is 31.1 Å². The molecule has 0 spiro atoms. The predicted octanol–water partition coefficient (Wildman–Crippen LogP) is 1.43. The van der Waals surface area contributed by atoms with Crippen LogP contribution in [0.4, 0.5) is 11.7 Å². The number of rotatable bonds is 4. The van der Waals surface area contributed by atoms with Crippen LogP contribution in [0.1, 0.15) is 16.4 Å². The zero-order valence-corrected chi connectivity index (χ0v) is 15.1. The maximum Gasteiger partial charge on any atom is 0.433 e. The topological polar surface area (TPSA) is 123 Å². The van der Waals surface area contributed by atoms with Gasteiger partial charge in [-0.15, -0.1) is 0 Å². The molecule has 0 bridgehead atoms. The van der Waals surface area contributed by atoms with Gasteiger partial charge >= 0.3 is 5.88 Å². The average molecular weight is 383 g/mol. The van der Waals surface area contributed by atoms with Crippen molar-refractivity contribution in [3.8, 4) is 5.82 Å². The molecule has 0 radical (unpaired) electrons. The summed E-state index contributed by atoms with van der Waals surface area (Å²) in [5.41, 5.74) is 0. The molecule has 4 rings (SSSR count). The number of carbonyl (C=O) groups excluding carboxylic acids is 1. The van der Waals surface area contributed by atoms with Crippen molar-refractivity contribution in [2.45, 2.75) is 6.92 Å². The maximum absolute atomic E-state index is 12.5. The lowest BCUT2D eigenvalue weighted by molar-refractivity contribution is -0.402. The summed E-state index contributed by atoms with van der Waals surface area (Å²) in [4.78, 5) is 39.0. The van der Waals surface area contributed by atoms with E-state index in [0.717, 1.165) is 17.5 Å².